The van der Waals surface area contributed by atoms with Crippen molar-refractivity contribution in [3.63, 3.8) is 0 Å². The first-order chi connectivity index (χ1) is 6.25. The van der Waals surface area contributed by atoms with Gasteiger partial charge in [-0.05, 0) is 41.3 Å². The smallest absolute Gasteiger partial charge is 0.149 e. The molecule has 0 aliphatic heterocycles. The molecule has 3 N–H and O–H groups in total. The second-order valence-corrected chi connectivity index (χ2v) is 4.28. The second kappa shape index (κ2) is 3.54. The number of nitrogens with two attached hydrogens (primary N) is 1. The summed E-state index contributed by atoms with van der Waals surface area (Å²) in [5, 5.41) is 3.32. The molecule has 70 valence electrons. The average Bonchev–Trinajstić information content (AvgIpc) is 1.99. The Morgan fingerprint density at radius 1 is 1.54 bits per heavy atom. The third-order valence-corrected chi connectivity index (χ3v) is 2.76. The van der Waals surface area contributed by atoms with Gasteiger partial charge in [-0.3, -0.25) is 0 Å². The Labute approximate surface area is 85.9 Å². The highest BCUT2D eigenvalue weighted by molar-refractivity contribution is 9.10. The molecule has 0 radical (unpaired) electrons. The van der Waals surface area contributed by atoms with Crippen LogP contribution >= 0.6 is 15.9 Å². The molecule has 1 saturated carbocycles. The minimum atomic E-state index is 0.580. The minimum Gasteiger partial charge on any atom is -0.396 e. The molecule has 2 rings (SSSR count). The van der Waals surface area contributed by atoms with Gasteiger partial charge in [0.25, 0.3) is 0 Å². The molecule has 1 fully saturated rings. The summed E-state index contributed by atoms with van der Waals surface area (Å²) in [6.07, 6.45) is 5.54. The fraction of sp³-hybridized carbons (Fsp3) is 0.444. The lowest BCUT2D eigenvalue weighted by atomic mass is 9.93. The van der Waals surface area contributed by atoms with Gasteiger partial charge in [-0.25, -0.2) is 4.98 Å². The molecular formula is C9H12BrN3. The summed E-state index contributed by atoms with van der Waals surface area (Å²) in [4.78, 5) is 4.22. The van der Waals surface area contributed by atoms with Crippen LogP contribution < -0.4 is 11.1 Å². The number of aromatic nitrogens is 1. The average molecular weight is 242 g/mol. The van der Waals surface area contributed by atoms with Crippen LogP contribution in [0.3, 0.4) is 0 Å². The fourth-order valence-electron chi connectivity index (χ4n) is 1.32. The lowest BCUT2D eigenvalue weighted by Gasteiger charge is -2.27. The van der Waals surface area contributed by atoms with E-state index >= 15 is 0 Å². The Morgan fingerprint density at radius 2 is 2.31 bits per heavy atom. The Balaban J connectivity index is 2.10. The summed E-state index contributed by atoms with van der Waals surface area (Å²) in [6, 6.07) is 2.45. The van der Waals surface area contributed by atoms with Crippen molar-refractivity contribution in [2.75, 3.05) is 11.1 Å². The van der Waals surface area contributed by atoms with Crippen LogP contribution in [-0.2, 0) is 0 Å². The van der Waals surface area contributed by atoms with Gasteiger partial charge >= 0.3 is 0 Å². The van der Waals surface area contributed by atoms with E-state index in [0.29, 0.717) is 11.7 Å². The molecule has 0 saturated heterocycles. The molecule has 0 unspecified atom stereocenters. The molecule has 1 aliphatic rings. The van der Waals surface area contributed by atoms with E-state index in [1.807, 2.05) is 6.07 Å². The van der Waals surface area contributed by atoms with Crippen LogP contribution in [0.4, 0.5) is 11.5 Å². The van der Waals surface area contributed by atoms with E-state index in [4.69, 9.17) is 5.73 Å². The van der Waals surface area contributed by atoms with Gasteiger partial charge in [0.2, 0.25) is 0 Å². The van der Waals surface area contributed by atoms with Crippen LogP contribution in [0, 0.1) is 0 Å². The third-order valence-electron chi connectivity index (χ3n) is 2.33. The van der Waals surface area contributed by atoms with Crippen LogP contribution in [0.5, 0.6) is 0 Å². The first-order valence-electron chi connectivity index (χ1n) is 4.43. The zero-order valence-corrected chi connectivity index (χ0v) is 8.84. The van der Waals surface area contributed by atoms with Gasteiger partial charge in [-0.1, -0.05) is 0 Å². The molecule has 1 aromatic rings. The first-order valence-corrected chi connectivity index (χ1v) is 5.22. The molecule has 0 spiro atoms. The maximum absolute atomic E-state index is 5.79. The first kappa shape index (κ1) is 8.81. The summed E-state index contributed by atoms with van der Waals surface area (Å²) in [5.41, 5.74) is 6.50. The summed E-state index contributed by atoms with van der Waals surface area (Å²) in [6.45, 7) is 0. The number of nitrogen functional groups attached to an aromatic ring is 1. The molecule has 0 atom stereocenters. The zero-order valence-electron chi connectivity index (χ0n) is 7.26. The Kier molecular flexibility index (Phi) is 2.40. The molecule has 3 nitrogen and oxygen atoms in total. The minimum absolute atomic E-state index is 0.580. The van der Waals surface area contributed by atoms with Crippen LogP contribution in [-0.4, -0.2) is 11.0 Å². The zero-order chi connectivity index (χ0) is 9.26. The number of hydrogen-bond donors (Lipinski definition) is 2. The van der Waals surface area contributed by atoms with Crippen molar-refractivity contribution < 1.29 is 0 Å². The molecule has 1 aromatic heterocycles. The van der Waals surface area contributed by atoms with Crippen LogP contribution in [0.1, 0.15) is 19.3 Å². The molecule has 13 heavy (non-hydrogen) atoms. The van der Waals surface area contributed by atoms with Gasteiger partial charge in [-0.2, -0.15) is 0 Å². The number of nitrogens with one attached hydrogen (secondary N) is 1. The van der Waals surface area contributed by atoms with Crippen molar-refractivity contribution in [3.05, 3.63) is 16.7 Å². The van der Waals surface area contributed by atoms with Crippen molar-refractivity contribution in [2.24, 2.45) is 0 Å². The van der Waals surface area contributed by atoms with Crippen molar-refractivity contribution in [1.29, 1.82) is 0 Å². The van der Waals surface area contributed by atoms with E-state index in [9.17, 15) is 0 Å². The maximum atomic E-state index is 5.79. The van der Waals surface area contributed by atoms with E-state index in [2.05, 4.69) is 26.2 Å². The fourth-order valence-corrected chi connectivity index (χ4v) is 1.67. The molecule has 0 aromatic carbocycles. The van der Waals surface area contributed by atoms with Crippen LogP contribution in [0.15, 0.2) is 16.7 Å². The summed E-state index contributed by atoms with van der Waals surface area (Å²) >= 11 is 3.32. The monoisotopic (exact) mass is 241 g/mol. The van der Waals surface area contributed by atoms with E-state index < -0.39 is 0 Å². The molecule has 0 bridgehead atoms. The lowest BCUT2D eigenvalue weighted by molar-refractivity contribution is 0.444. The number of pyridine rings is 1. The van der Waals surface area contributed by atoms with Gasteiger partial charge in [0.15, 0.2) is 0 Å². The van der Waals surface area contributed by atoms with E-state index in [0.717, 1.165) is 10.3 Å². The largest absolute Gasteiger partial charge is 0.396 e. The Hall–Kier alpha value is -0.770. The van der Waals surface area contributed by atoms with Gasteiger partial charge in [-0.15, -0.1) is 0 Å². The molecular weight excluding hydrogens is 230 g/mol. The van der Waals surface area contributed by atoms with Crippen LogP contribution in [0.25, 0.3) is 0 Å². The van der Waals surface area contributed by atoms with Gasteiger partial charge in [0.1, 0.15) is 5.82 Å². The highest BCUT2D eigenvalue weighted by Crippen LogP contribution is 2.26. The van der Waals surface area contributed by atoms with E-state index in [1.54, 1.807) is 6.20 Å². The third kappa shape index (κ3) is 1.94. The van der Waals surface area contributed by atoms with Gasteiger partial charge < -0.3 is 11.1 Å². The normalized spacial score (nSPS) is 16.7. The number of anilines is 2. The number of rotatable bonds is 2. The molecule has 0 amide bonds. The van der Waals surface area contributed by atoms with Gasteiger partial charge in [0, 0.05) is 16.7 Å². The quantitative estimate of drug-likeness (QED) is 0.837. The lowest BCUT2D eigenvalue weighted by Crippen LogP contribution is -2.27. The summed E-state index contributed by atoms with van der Waals surface area (Å²) in [7, 11) is 0. The maximum Gasteiger partial charge on any atom is 0.149 e. The predicted octanol–water partition coefficient (Wildman–Crippen LogP) is 2.39. The SMILES string of the molecule is Nc1cc(Br)cnc1NC1CCC1. The number of halogens is 1. The standard InChI is InChI=1S/C9H12BrN3/c10-6-4-8(11)9(12-5-6)13-7-2-1-3-7/h4-5,7H,1-3,11H2,(H,12,13). The van der Waals surface area contributed by atoms with Crippen LogP contribution in [0.2, 0.25) is 0 Å². The highest BCUT2D eigenvalue weighted by Gasteiger charge is 2.18. The van der Waals surface area contributed by atoms with E-state index in [1.165, 1.54) is 19.3 Å². The Morgan fingerprint density at radius 3 is 2.85 bits per heavy atom. The molecule has 1 aliphatic carbocycles. The topological polar surface area (TPSA) is 50.9 Å². The second-order valence-electron chi connectivity index (χ2n) is 3.36. The van der Waals surface area contributed by atoms with E-state index in [-0.39, 0.29) is 0 Å². The number of hydrogen-bond acceptors (Lipinski definition) is 3. The molecule has 1 heterocycles. The van der Waals surface area contributed by atoms with Crippen molar-refractivity contribution in [2.45, 2.75) is 25.3 Å². The summed E-state index contributed by atoms with van der Waals surface area (Å²) in [5.74, 6) is 0.813. The van der Waals surface area contributed by atoms with Crippen molar-refractivity contribution in [3.8, 4) is 0 Å². The summed E-state index contributed by atoms with van der Waals surface area (Å²) < 4.78 is 0.921. The van der Waals surface area contributed by atoms with Crippen molar-refractivity contribution in [1.82, 2.24) is 4.98 Å². The molecule has 4 heteroatoms. The Bertz CT molecular complexity index is 310. The van der Waals surface area contributed by atoms with Crippen molar-refractivity contribution >= 4 is 27.4 Å². The highest BCUT2D eigenvalue weighted by atomic mass is 79.9. The number of nitrogens with zero attached hydrogens (tertiary/aromatic N) is 1. The van der Waals surface area contributed by atoms with Gasteiger partial charge in [0.05, 0.1) is 5.69 Å². The predicted molar refractivity (Wildman–Crippen MR) is 57.6 cm³/mol.